The summed E-state index contributed by atoms with van der Waals surface area (Å²) in [5, 5.41) is 10.4. The molecule has 1 aromatic carbocycles. The molecule has 0 aliphatic rings. The number of hydrogen-bond acceptors (Lipinski definition) is 4. The van der Waals surface area contributed by atoms with Gasteiger partial charge in [0.1, 0.15) is 18.5 Å². The van der Waals surface area contributed by atoms with Crippen molar-refractivity contribution in [1.82, 2.24) is 4.90 Å². The van der Waals surface area contributed by atoms with E-state index in [1.807, 2.05) is 41.7 Å². The lowest BCUT2D eigenvalue weighted by Crippen LogP contribution is -2.36. The highest BCUT2D eigenvalue weighted by atomic mass is 32.1. The number of para-hydroxylation sites is 1. The van der Waals surface area contributed by atoms with E-state index in [-0.39, 0.29) is 0 Å². The van der Waals surface area contributed by atoms with Gasteiger partial charge in [0.2, 0.25) is 0 Å². The van der Waals surface area contributed by atoms with Crippen molar-refractivity contribution >= 4 is 11.3 Å². The Morgan fingerprint density at radius 1 is 1.12 bits per heavy atom. The molecular formula is C20H29NO2S. The minimum Gasteiger partial charge on any atom is -0.491 e. The summed E-state index contributed by atoms with van der Waals surface area (Å²) >= 11 is 1.83. The van der Waals surface area contributed by atoms with Crippen molar-refractivity contribution in [1.29, 1.82) is 0 Å². The van der Waals surface area contributed by atoms with Gasteiger partial charge in [-0.2, -0.15) is 0 Å². The Balaban J connectivity index is 1.85. The molecule has 0 amide bonds. The van der Waals surface area contributed by atoms with Crippen molar-refractivity contribution in [2.45, 2.75) is 39.8 Å². The summed E-state index contributed by atoms with van der Waals surface area (Å²) in [6, 6.07) is 14.0. The van der Waals surface area contributed by atoms with Crippen LogP contribution in [-0.2, 0) is 6.54 Å². The normalized spacial score (nSPS) is 12.8. The van der Waals surface area contributed by atoms with Crippen molar-refractivity contribution < 1.29 is 9.84 Å². The molecule has 1 aromatic heterocycles. The number of thiophene rings is 1. The summed E-state index contributed by atoms with van der Waals surface area (Å²) in [6.45, 7) is 9.47. The molecular weight excluding hydrogens is 318 g/mol. The molecule has 0 aliphatic heterocycles. The zero-order chi connectivity index (χ0) is 17.4. The van der Waals surface area contributed by atoms with Gasteiger partial charge in [-0.25, -0.2) is 0 Å². The van der Waals surface area contributed by atoms with Crippen LogP contribution in [0.2, 0.25) is 0 Å². The van der Waals surface area contributed by atoms with Crippen LogP contribution in [0.5, 0.6) is 5.75 Å². The predicted molar refractivity (Wildman–Crippen MR) is 102 cm³/mol. The Kier molecular flexibility index (Phi) is 7.76. The number of aryl methyl sites for hydroxylation is 1. The molecule has 132 valence electrons. The van der Waals surface area contributed by atoms with Gasteiger partial charge in [-0.05, 0) is 50.1 Å². The lowest BCUT2D eigenvalue weighted by Gasteiger charge is -2.25. The SMILES string of the molecule is Cc1ccc(CN(CCC(C)C)C[C@@H](O)COc2ccccc2)s1. The first kappa shape index (κ1) is 19.0. The van der Waals surface area contributed by atoms with E-state index < -0.39 is 6.10 Å². The predicted octanol–water partition coefficient (Wildman–Crippen LogP) is 4.34. The van der Waals surface area contributed by atoms with Crippen LogP contribution in [0.25, 0.3) is 0 Å². The van der Waals surface area contributed by atoms with Crippen molar-refractivity contribution in [3.05, 3.63) is 52.2 Å². The van der Waals surface area contributed by atoms with Gasteiger partial charge in [0.15, 0.2) is 0 Å². The lowest BCUT2D eigenvalue weighted by molar-refractivity contribution is 0.0643. The van der Waals surface area contributed by atoms with Crippen LogP contribution in [0.4, 0.5) is 0 Å². The van der Waals surface area contributed by atoms with E-state index in [0.717, 1.165) is 25.3 Å². The Morgan fingerprint density at radius 2 is 1.88 bits per heavy atom. The Morgan fingerprint density at radius 3 is 2.50 bits per heavy atom. The number of rotatable bonds is 10. The Labute approximate surface area is 149 Å². The number of ether oxygens (including phenoxy) is 1. The highest BCUT2D eigenvalue weighted by molar-refractivity contribution is 7.11. The van der Waals surface area contributed by atoms with Gasteiger partial charge in [-0.15, -0.1) is 11.3 Å². The van der Waals surface area contributed by atoms with Gasteiger partial charge in [0.05, 0.1) is 0 Å². The maximum absolute atomic E-state index is 10.4. The molecule has 2 rings (SSSR count). The lowest BCUT2D eigenvalue weighted by atomic mass is 10.1. The average molecular weight is 348 g/mol. The van der Waals surface area contributed by atoms with Crippen molar-refractivity contribution in [3.63, 3.8) is 0 Å². The first-order valence-corrected chi connectivity index (χ1v) is 9.48. The van der Waals surface area contributed by atoms with E-state index in [2.05, 4.69) is 37.8 Å². The van der Waals surface area contributed by atoms with Gasteiger partial charge in [-0.3, -0.25) is 4.90 Å². The van der Waals surface area contributed by atoms with E-state index in [1.165, 1.54) is 9.75 Å². The molecule has 0 saturated carbocycles. The van der Waals surface area contributed by atoms with Crippen LogP contribution >= 0.6 is 11.3 Å². The minimum atomic E-state index is -0.488. The Bertz CT molecular complexity index is 582. The van der Waals surface area contributed by atoms with Crippen LogP contribution in [0.3, 0.4) is 0 Å². The average Bonchev–Trinajstić information content (AvgIpc) is 2.96. The molecule has 24 heavy (non-hydrogen) atoms. The first-order valence-electron chi connectivity index (χ1n) is 8.66. The molecule has 2 aromatic rings. The van der Waals surface area contributed by atoms with Gasteiger partial charge in [0, 0.05) is 22.8 Å². The van der Waals surface area contributed by atoms with Crippen molar-refractivity contribution in [2.24, 2.45) is 5.92 Å². The van der Waals surface area contributed by atoms with E-state index >= 15 is 0 Å². The fourth-order valence-electron chi connectivity index (χ4n) is 2.53. The number of hydrogen-bond donors (Lipinski definition) is 1. The maximum atomic E-state index is 10.4. The van der Waals surface area contributed by atoms with Gasteiger partial charge in [-0.1, -0.05) is 32.0 Å². The zero-order valence-electron chi connectivity index (χ0n) is 14.9. The summed E-state index contributed by atoms with van der Waals surface area (Å²) in [7, 11) is 0. The second-order valence-electron chi connectivity index (χ2n) is 6.71. The number of benzene rings is 1. The van der Waals surface area contributed by atoms with Crippen LogP contribution in [0.15, 0.2) is 42.5 Å². The summed E-state index contributed by atoms with van der Waals surface area (Å²) in [5.74, 6) is 1.47. The molecule has 1 atom stereocenters. The standard InChI is InChI=1S/C20H29NO2S/c1-16(2)11-12-21(14-20-10-9-17(3)24-20)13-18(22)15-23-19-7-5-4-6-8-19/h4-10,16,18,22H,11-15H2,1-3H3/t18-/m1/s1. The quantitative estimate of drug-likeness (QED) is 0.694. The fourth-order valence-corrected chi connectivity index (χ4v) is 3.46. The summed E-state index contributed by atoms with van der Waals surface area (Å²) in [6.07, 6.45) is 0.648. The van der Waals surface area contributed by atoms with E-state index in [0.29, 0.717) is 19.1 Å². The van der Waals surface area contributed by atoms with Crippen LogP contribution in [0, 0.1) is 12.8 Å². The van der Waals surface area contributed by atoms with Crippen LogP contribution < -0.4 is 4.74 Å². The third-order valence-corrected chi connectivity index (χ3v) is 4.84. The fraction of sp³-hybridized carbons (Fsp3) is 0.500. The summed E-state index contributed by atoms with van der Waals surface area (Å²) < 4.78 is 5.67. The van der Waals surface area contributed by atoms with Crippen LogP contribution in [0.1, 0.15) is 30.0 Å². The summed E-state index contributed by atoms with van der Waals surface area (Å²) in [4.78, 5) is 5.03. The largest absolute Gasteiger partial charge is 0.491 e. The second kappa shape index (κ2) is 9.82. The molecule has 4 heteroatoms. The van der Waals surface area contributed by atoms with E-state index in [1.54, 1.807) is 0 Å². The Hall–Kier alpha value is -1.36. The molecule has 0 aliphatic carbocycles. The van der Waals surface area contributed by atoms with Gasteiger partial charge >= 0.3 is 0 Å². The number of aliphatic hydroxyl groups excluding tert-OH is 1. The third kappa shape index (κ3) is 7.04. The van der Waals surface area contributed by atoms with Gasteiger partial charge in [0.25, 0.3) is 0 Å². The number of aliphatic hydroxyl groups is 1. The highest BCUT2D eigenvalue weighted by Gasteiger charge is 2.14. The van der Waals surface area contributed by atoms with Crippen molar-refractivity contribution in [3.8, 4) is 5.75 Å². The molecule has 0 spiro atoms. The second-order valence-corrected chi connectivity index (χ2v) is 8.08. The molecule has 0 bridgehead atoms. The molecule has 1 heterocycles. The zero-order valence-corrected chi connectivity index (χ0v) is 15.8. The number of nitrogens with zero attached hydrogens (tertiary/aromatic N) is 1. The smallest absolute Gasteiger partial charge is 0.119 e. The highest BCUT2D eigenvalue weighted by Crippen LogP contribution is 2.18. The topological polar surface area (TPSA) is 32.7 Å². The van der Waals surface area contributed by atoms with E-state index in [9.17, 15) is 5.11 Å². The maximum Gasteiger partial charge on any atom is 0.119 e. The van der Waals surface area contributed by atoms with Crippen LogP contribution in [-0.4, -0.2) is 35.8 Å². The monoisotopic (exact) mass is 347 g/mol. The van der Waals surface area contributed by atoms with Crippen molar-refractivity contribution in [2.75, 3.05) is 19.7 Å². The first-order chi connectivity index (χ1) is 11.5. The molecule has 3 nitrogen and oxygen atoms in total. The molecule has 0 saturated heterocycles. The molecule has 1 N–H and O–H groups in total. The van der Waals surface area contributed by atoms with Gasteiger partial charge < -0.3 is 9.84 Å². The minimum absolute atomic E-state index is 0.325. The summed E-state index contributed by atoms with van der Waals surface area (Å²) in [5.41, 5.74) is 0. The molecule has 0 fully saturated rings. The van der Waals surface area contributed by atoms with E-state index in [4.69, 9.17) is 4.74 Å². The molecule has 0 radical (unpaired) electrons. The third-order valence-electron chi connectivity index (χ3n) is 3.85. The molecule has 0 unspecified atom stereocenters.